The molecule has 0 amide bonds. The van der Waals surface area contributed by atoms with Crippen LogP contribution in [0.3, 0.4) is 0 Å². The fraction of sp³-hybridized carbons (Fsp3) is 0.222. The molecule has 1 atom stereocenters. The van der Waals surface area contributed by atoms with E-state index >= 15 is 0 Å². The summed E-state index contributed by atoms with van der Waals surface area (Å²) in [6, 6.07) is 6.46. The first-order valence-corrected chi connectivity index (χ1v) is 9.05. The summed E-state index contributed by atoms with van der Waals surface area (Å²) < 4.78 is 7.11. The van der Waals surface area contributed by atoms with E-state index in [1.807, 2.05) is 0 Å². The number of rotatable bonds is 5. The number of fused-ring (bicyclic) bond motifs is 1. The van der Waals surface area contributed by atoms with Crippen LogP contribution >= 0.6 is 34.8 Å². The second-order valence-electron chi connectivity index (χ2n) is 5.84. The van der Waals surface area contributed by atoms with Crippen LogP contribution in [0.2, 0.25) is 15.1 Å². The van der Waals surface area contributed by atoms with Crippen LogP contribution < -0.4 is 10.2 Å². The van der Waals surface area contributed by atoms with Crippen LogP contribution in [0.15, 0.2) is 35.3 Å². The number of halogens is 3. The monoisotopic (exact) mass is 428 g/mol. The maximum Gasteiger partial charge on any atom is 0.227 e. The lowest BCUT2D eigenvalue weighted by atomic mass is 10.2. The minimum Gasteiger partial charge on any atom is -0.474 e. The summed E-state index contributed by atoms with van der Waals surface area (Å²) in [6.45, 7) is 1.01. The number of nitrogens with zero attached hydrogens (tertiary/aromatic N) is 2. The molecule has 0 aliphatic heterocycles. The second kappa shape index (κ2) is 8.04. The van der Waals surface area contributed by atoms with E-state index in [1.165, 1.54) is 12.3 Å². The molecule has 0 saturated heterocycles. The molecule has 0 fully saturated rings. The van der Waals surface area contributed by atoms with Gasteiger partial charge in [0.05, 0.1) is 39.1 Å². The molecular weight excluding hydrogens is 415 g/mol. The highest BCUT2D eigenvalue weighted by Crippen LogP contribution is 2.35. The first kappa shape index (κ1) is 19.9. The lowest BCUT2D eigenvalue weighted by Crippen LogP contribution is -2.22. The Bertz CT molecular complexity index is 1050. The SMILES string of the molecule is Cc1cc(=O)c2c(OCC(O)CO)ncc(Cl)c2n1-c1c(Cl)cccc1Cl. The van der Waals surface area contributed by atoms with Crippen molar-refractivity contribution >= 4 is 45.7 Å². The highest BCUT2D eigenvalue weighted by atomic mass is 35.5. The molecule has 0 aliphatic carbocycles. The summed E-state index contributed by atoms with van der Waals surface area (Å²) in [5.41, 5.74) is 1.01. The molecule has 0 spiro atoms. The third kappa shape index (κ3) is 3.77. The molecule has 3 rings (SSSR count). The van der Waals surface area contributed by atoms with Crippen molar-refractivity contribution in [2.24, 2.45) is 0 Å². The van der Waals surface area contributed by atoms with Crippen LogP contribution in [0.4, 0.5) is 0 Å². The van der Waals surface area contributed by atoms with Gasteiger partial charge >= 0.3 is 0 Å². The summed E-state index contributed by atoms with van der Waals surface area (Å²) in [5.74, 6) is -0.0103. The van der Waals surface area contributed by atoms with Gasteiger partial charge in [0.25, 0.3) is 0 Å². The number of aliphatic hydroxyl groups excluding tert-OH is 2. The van der Waals surface area contributed by atoms with Crippen LogP contribution in [0.25, 0.3) is 16.6 Å². The van der Waals surface area contributed by atoms with Crippen molar-refractivity contribution < 1.29 is 14.9 Å². The molecule has 2 aromatic heterocycles. The molecule has 6 nitrogen and oxygen atoms in total. The zero-order chi connectivity index (χ0) is 19.7. The molecule has 27 heavy (non-hydrogen) atoms. The highest BCUT2D eigenvalue weighted by Gasteiger charge is 2.20. The third-order valence-electron chi connectivity index (χ3n) is 3.92. The predicted molar refractivity (Wildman–Crippen MR) is 106 cm³/mol. The van der Waals surface area contributed by atoms with E-state index in [0.717, 1.165) is 0 Å². The number of para-hydroxylation sites is 1. The Hall–Kier alpha value is -1.83. The quantitative estimate of drug-likeness (QED) is 0.649. The Morgan fingerprint density at radius 2 is 1.89 bits per heavy atom. The summed E-state index contributed by atoms with van der Waals surface area (Å²) in [6.07, 6.45) is 0.230. The van der Waals surface area contributed by atoms with Crippen molar-refractivity contribution in [2.75, 3.05) is 13.2 Å². The lowest BCUT2D eigenvalue weighted by Gasteiger charge is -2.19. The Kier molecular flexibility index (Phi) is 5.93. The zero-order valence-electron chi connectivity index (χ0n) is 14.1. The average molecular weight is 430 g/mol. The number of aliphatic hydroxyl groups is 2. The van der Waals surface area contributed by atoms with Gasteiger partial charge in [-0.3, -0.25) is 4.79 Å². The van der Waals surface area contributed by atoms with Crippen LogP contribution in [-0.2, 0) is 0 Å². The largest absolute Gasteiger partial charge is 0.474 e. The van der Waals surface area contributed by atoms with Crippen molar-refractivity contribution in [2.45, 2.75) is 13.0 Å². The number of aromatic nitrogens is 2. The maximum absolute atomic E-state index is 12.7. The minimum absolute atomic E-state index is 0.0103. The highest BCUT2D eigenvalue weighted by molar-refractivity contribution is 6.38. The lowest BCUT2D eigenvalue weighted by molar-refractivity contribution is 0.0526. The van der Waals surface area contributed by atoms with Gasteiger partial charge in [-0.25, -0.2) is 4.98 Å². The number of pyridine rings is 2. The van der Waals surface area contributed by atoms with E-state index in [0.29, 0.717) is 26.9 Å². The van der Waals surface area contributed by atoms with Gasteiger partial charge in [-0.15, -0.1) is 0 Å². The van der Waals surface area contributed by atoms with Crippen LogP contribution in [-0.4, -0.2) is 39.1 Å². The fourth-order valence-electron chi connectivity index (χ4n) is 2.73. The van der Waals surface area contributed by atoms with E-state index in [1.54, 1.807) is 29.7 Å². The van der Waals surface area contributed by atoms with E-state index in [4.69, 9.17) is 44.6 Å². The van der Waals surface area contributed by atoms with Crippen molar-refractivity contribution in [1.82, 2.24) is 9.55 Å². The van der Waals surface area contributed by atoms with Gasteiger partial charge in [-0.1, -0.05) is 40.9 Å². The fourth-order valence-corrected chi connectivity index (χ4v) is 3.53. The Labute approximate surface area is 169 Å². The van der Waals surface area contributed by atoms with Gasteiger partial charge in [-0.2, -0.15) is 0 Å². The van der Waals surface area contributed by atoms with Gasteiger partial charge < -0.3 is 19.5 Å². The van der Waals surface area contributed by atoms with Gasteiger partial charge in [0, 0.05) is 11.8 Å². The number of hydrogen-bond donors (Lipinski definition) is 2. The van der Waals surface area contributed by atoms with Crippen LogP contribution in [0.5, 0.6) is 5.88 Å². The van der Waals surface area contributed by atoms with Gasteiger partial charge in [0.15, 0.2) is 5.43 Å². The van der Waals surface area contributed by atoms with Crippen molar-refractivity contribution in [3.8, 4) is 11.6 Å². The molecule has 3 aromatic rings. The van der Waals surface area contributed by atoms with Crippen LogP contribution in [0.1, 0.15) is 5.69 Å². The summed E-state index contributed by atoms with van der Waals surface area (Å²) >= 11 is 19.1. The molecule has 0 radical (unpaired) electrons. The van der Waals surface area contributed by atoms with Crippen molar-refractivity contribution in [3.05, 3.63) is 61.4 Å². The Morgan fingerprint density at radius 3 is 2.52 bits per heavy atom. The molecule has 0 aliphatic rings. The summed E-state index contributed by atoms with van der Waals surface area (Å²) in [4.78, 5) is 16.7. The third-order valence-corrected chi connectivity index (χ3v) is 4.81. The number of aryl methyl sites for hydroxylation is 1. The van der Waals surface area contributed by atoms with Crippen LogP contribution in [0, 0.1) is 6.92 Å². The second-order valence-corrected chi connectivity index (χ2v) is 7.06. The molecule has 0 saturated carbocycles. The molecule has 2 N–H and O–H groups in total. The molecule has 142 valence electrons. The Morgan fingerprint density at radius 1 is 1.22 bits per heavy atom. The Balaban J connectivity index is 2.35. The van der Waals surface area contributed by atoms with E-state index in [2.05, 4.69) is 4.98 Å². The van der Waals surface area contributed by atoms with Gasteiger partial charge in [0.1, 0.15) is 18.1 Å². The minimum atomic E-state index is -1.11. The van der Waals surface area contributed by atoms with Crippen molar-refractivity contribution in [3.63, 3.8) is 0 Å². The number of ether oxygens (including phenoxy) is 1. The van der Waals surface area contributed by atoms with E-state index in [-0.39, 0.29) is 28.3 Å². The number of benzene rings is 1. The molecule has 9 heteroatoms. The number of hydrogen-bond acceptors (Lipinski definition) is 5. The maximum atomic E-state index is 12.7. The van der Waals surface area contributed by atoms with E-state index < -0.39 is 12.7 Å². The molecule has 1 aromatic carbocycles. The topological polar surface area (TPSA) is 84.6 Å². The molecular formula is C18H15Cl3N2O4. The van der Waals surface area contributed by atoms with Gasteiger partial charge in [0.2, 0.25) is 5.88 Å². The average Bonchev–Trinajstić information content (AvgIpc) is 2.62. The first-order valence-electron chi connectivity index (χ1n) is 7.92. The van der Waals surface area contributed by atoms with Gasteiger partial charge in [-0.05, 0) is 19.1 Å². The predicted octanol–water partition coefficient (Wildman–Crippen LogP) is 3.39. The standard InChI is InChI=1S/C18H15Cl3N2O4/c1-9-5-14(26)15-17(23(9)16-11(19)3-2-4-12(16)20)13(21)6-22-18(15)27-8-10(25)7-24/h2-6,10,24-25H,7-8H2,1H3. The summed E-state index contributed by atoms with van der Waals surface area (Å²) in [7, 11) is 0. The molecule has 2 heterocycles. The van der Waals surface area contributed by atoms with E-state index in [9.17, 15) is 9.90 Å². The first-order chi connectivity index (χ1) is 12.8. The van der Waals surface area contributed by atoms with Crippen molar-refractivity contribution in [1.29, 1.82) is 0 Å². The smallest absolute Gasteiger partial charge is 0.227 e. The zero-order valence-corrected chi connectivity index (χ0v) is 16.4. The molecule has 0 bridgehead atoms. The molecule has 1 unspecified atom stereocenters. The normalized spacial score (nSPS) is 12.4. The summed E-state index contributed by atoms with van der Waals surface area (Å²) in [5, 5.41) is 19.5.